The third kappa shape index (κ3) is 1.94. The number of aryl methyl sites for hydroxylation is 1. The Morgan fingerprint density at radius 1 is 1.38 bits per heavy atom. The molecule has 4 N–H and O–H groups in total. The number of anilines is 2. The summed E-state index contributed by atoms with van der Waals surface area (Å²) in [6, 6.07) is 7.98. The third-order valence-corrected chi connectivity index (χ3v) is 3.88. The normalized spacial score (nSPS) is 17.0. The van der Waals surface area contributed by atoms with Gasteiger partial charge in [-0.15, -0.1) is 0 Å². The average molecular weight is 282 g/mol. The highest BCUT2D eigenvalue weighted by atomic mass is 16.1. The summed E-state index contributed by atoms with van der Waals surface area (Å²) in [5, 5.41) is 9.73. The number of nitrogen functional groups attached to an aromatic ring is 1. The van der Waals surface area contributed by atoms with Crippen LogP contribution >= 0.6 is 0 Å². The van der Waals surface area contributed by atoms with E-state index in [1.54, 1.807) is 6.07 Å². The highest BCUT2D eigenvalue weighted by Crippen LogP contribution is 2.34. The fourth-order valence-corrected chi connectivity index (χ4v) is 2.85. The van der Waals surface area contributed by atoms with E-state index in [1.807, 2.05) is 12.1 Å². The SMILES string of the molecule is Nc1ccc2c(c1)CCC2Nc1cc2n[nH]c(=O)n2cn1. The first kappa shape index (κ1) is 12.0. The molecule has 1 unspecified atom stereocenters. The molecule has 2 heterocycles. The number of nitrogens with one attached hydrogen (secondary N) is 2. The molecule has 4 rings (SSSR count). The standard InChI is InChI=1S/C14H14N6O/c15-9-2-3-10-8(5-9)1-4-11(10)17-12-6-13-18-19-14(21)20(13)7-16-12/h2-3,5-7,11,17H,1,4,15H2,(H,19,21). The first-order valence-corrected chi connectivity index (χ1v) is 6.78. The van der Waals surface area contributed by atoms with Gasteiger partial charge < -0.3 is 11.1 Å². The van der Waals surface area contributed by atoms with Crippen LogP contribution in [-0.4, -0.2) is 19.6 Å². The van der Waals surface area contributed by atoms with E-state index in [0.717, 1.165) is 18.5 Å². The van der Waals surface area contributed by atoms with Gasteiger partial charge in [-0.2, -0.15) is 5.10 Å². The van der Waals surface area contributed by atoms with Gasteiger partial charge in [0.15, 0.2) is 5.65 Å². The monoisotopic (exact) mass is 282 g/mol. The number of rotatable bonds is 2. The molecule has 1 aliphatic carbocycles. The number of H-pyrrole nitrogens is 1. The van der Waals surface area contributed by atoms with Crippen molar-refractivity contribution in [1.82, 2.24) is 19.6 Å². The van der Waals surface area contributed by atoms with Gasteiger partial charge in [0.1, 0.15) is 12.1 Å². The first-order valence-electron chi connectivity index (χ1n) is 6.78. The number of benzene rings is 1. The van der Waals surface area contributed by atoms with Crippen molar-refractivity contribution in [2.75, 3.05) is 11.1 Å². The number of hydrogen-bond acceptors (Lipinski definition) is 5. The van der Waals surface area contributed by atoms with Crippen molar-refractivity contribution in [3.05, 3.63) is 52.2 Å². The van der Waals surface area contributed by atoms with Crippen LogP contribution in [0, 0.1) is 0 Å². The molecule has 0 aliphatic heterocycles. The smallest absolute Gasteiger partial charge is 0.348 e. The summed E-state index contributed by atoms with van der Waals surface area (Å²) >= 11 is 0. The minimum Gasteiger partial charge on any atom is -0.399 e. The van der Waals surface area contributed by atoms with E-state index in [-0.39, 0.29) is 11.7 Å². The average Bonchev–Trinajstić information content (AvgIpc) is 3.03. The van der Waals surface area contributed by atoms with Crippen molar-refractivity contribution in [3.8, 4) is 0 Å². The second kappa shape index (κ2) is 4.34. The predicted octanol–water partition coefficient (Wildman–Crippen LogP) is 1.10. The van der Waals surface area contributed by atoms with Gasteiger partial charge in [-0.05, 0) is 36.1 Å². The highest BCUT2D eigenvalue weighted by Gasteiger charge is 2.22. The van der Waals surface area contributed by atoms with Crippen LogP contribution in [0.15, 0.2) is 35.4 Å². The Kier molecular flexibility index (Phi) is 2.47. The van der Waals surface area contributed by atoms with Crippen molar-refractivity contribution in [1.29, 1.82) is 0 Å². The summed E-state index contributed by atoms with van der Waals surface area (Å²) in [6.07, 6.45) is 3.48. The van der Waals surface area contributed by atoms with Gasteiger partial charge in [0, 0.05) is 11.8 Å². The van der Waals surface area contributed by atoms with Crippen molar-refractivity contribution in [2.24, 2.45) is 0 Å². The van der Waals surface area contributed by atoms with Gasteiger partial charge in [0.2, 0.25) is 0 Å². The number of hydrogen-bond donors (Lipinski definition) is 3. The van der Waals surface area contributed by atoms with E-state index < -0.39 is 0 Å². The first-order chi connectivity index (χ1) is 10.2. The van der Waals surface area contributed by atoms with Gasteiger partial charge in [-0.3, -0.25) is 0 Å². The largest absolute Gasteiger partial charge is 0.399 e. The fraction of sp³-hybridized carbons (Fsp3) is 0.214. The number of aromatic nitrogens is 4. The number of aromatic amines is 1. The lowest BCUT2D eigenvalue weighted by Crippen LogP contribution is -2.12. The second-order valence-electron chi connectivity index (χ2n) is 5.22. The number of fused-ring (bicyclic) bond motifs is 2. The van der Waals surface area contributed by atoms with Gasteiger partial charge >= 0.3 is 5.69 Å². The molecule has 2 aromatic heterocycles. The molecule has 0 saturated carbocycles. The molecule has 0 radical (unpaired) electrons. The van der Waals surface area contributed by atoms with Crippen LogP contribution in [0.1, 0.15) is 23.6 Å². The summed E-state index contributed by atoms with van der Waals surface area (Å²) in [5.41, 5.74) is 9.41. The molecule has 1 atom stereocenters. The molecule has 0 amide bonds. The van der Waals surface area contributed by atoms with Crippen LogP contribution < -0.4 is 16.7 Å². The zero-order valence-corrected chi connectivity index (χ0v) is 11.2. The van der Waals surface area contributed by atoms with Crippen LogP contribution in [0.25, 0.3) is 5.65 Å². The summed E-state index contributed by atoms with van der Waals surface area (Å²) in [7, 11) is 0. The van der Waals surface area contributed by atoms with Crippen LogP contribution in [0.5, 0.6) is 0 Å². The molecular formula is C14H14N6O. The lowest BCUT2D eigenvalue weighted by atomic mass is 10.1. The summed E-state index contributed by atoms with van der Waals surface area (Å²) in [6.45, 7) is 0. The quantitative estimate of drug-likeness (QED) is 0.611. The van der Waals surface area contributed by atoms with E-state index in [1.165, 1.54) is 21.9 Å². The molecule has 0 spiro atoms. The molecule has 21 heavy (non-hydrogen) atoms. The summed E-state index contributed by atoms with van der Waals surface area (Å²) < 4.78 is 1.37. The summed E-state index contributed by atoms with van der Waals surface area (Å²) in [4.78, 5) is 15.7. The molecule has 7 heteroatoms. The van der Waals surface area contributed by atoms with Crippen LogP contribution in [0.4, 0.5) is 11.5 Å². The van der Waals surface area contributed by atoms with Gasteiger partial charge in [0.05, 0.1) is 6.04 Å². The Balaban J connectivity index is 1.65. The maximum atomic E-state index is 11.4. The van der Waals surface area contributed by atoms with E-state index in [0.29, 0.717) is 11.5 Å². The lowest BCUT2D eigenvalue weighted by molar-refractivity contribution is 0.756. The molecule has 0 fully saturated rings. The Morgan fingerprint density at radius 3 is 3.19 bits per heavy atom. The number of nitrogens with zero attached hydrogens (tertiary/aromatic N) is 3. The van der Waals surface area contributed by atoms with Crippen molar-refractivity contribution in [2.45, 2.75) is 18.9 Å². The van der Waals surface area contributed by atoms with Gasteiger partial charge in [-0.1, -0.05) is 6.07 Å². The molecule has 3 aromatic rings. The van der Waals surface area contributed by atoms with Crippen molar-refractivity contribution < 1.29 is 0 Å². The Labute approximate surface area is 119 Å². The number of nitrogens with two attached hydrogens (primary N) is 1. The van der Waals surface area contributed by atoms with E-state index in [9.17, 15) is 4.79 Å². The molecule has 0 saturated heterocycles. The van der Waals surface area contributed by atoms with Crippen molar-refractivity contribution >= 4 is 17.2 Å². The highest BCUT2D eigenvalue weighted by molar-refractivity contribution is 5.53. The molecule has 106 valence electrons. The Hall–Kier alpha value is -2.83. The van der Waals surface area contributed by atoms with Gasteiger partial charge in [-0.25, -0.2) is 19.3 Å². The Morgan fingerprint density at radius 2 is 2.29 bits per heavy atom. The minimum absolute atomic E-state index is 0.209. The van der Waals surface area contributed by atoms with E-state index in [2.05, 4.69) is 26.6 Å². The Bertz CT molecular complexity index is 881. The van der Waals surface area contributed by atoms with Crippen molar-refractivity contribution in [3.63, 3.8) is 0 Å². The summed E-state index contributed by atoms with van der Waals surface area (Å²) in [5.74, 6) is 0.705. The van der Waals surface area contributed by atoms with Crippen LogP contribution in [-0.2, 0) is 6.42 Å². The maximum absolute atomic E-state index is 11.4. The zero-order valence-electron chi connectivity index (χ0n) is 11.2. The molecule has 7 nitrogen and oxygen atoms in total. The zero-order chi connectivity index (χ0) is 14.4. The van der Waals surface area contributed by atoms with Gasteiger partial charge in [0.25, 0.3) is 0 Å². The molecular weight excluding hydrogens is 268 g/mol. The van der Waals surface area contributed by atoms with Crippen LogP contribution in [0.3, 0.4) is 0 Å². The second-order valence-corrected chi connectivity index (χ2v) is 5.22. The third-order valence-electron chi connectivity index (χ3n) is 3.88. The minimum atomic E-state index is -0.286. The molecule has 1 aliphatic rings. The fourth-order valence-electron chi connectivity index (χ4n) is 2.85. The molecule has 1 aromatic carbocycles. The lowest BCUT2D eigenvalue weighted by Gasteiger charge is -2.14. The topological polar surface area (TPSA) is 101 Å². The predicted molar refractivity (Wildman–Crippen MR) is 79.1 cm³/mol. The van der Waals surface area contributed by atoms with E-state index in [4.69, 9.17) is 5.73 Å². The van der Waals surface area contributed by atoms with Crippen LogP contribution in [0.2, 0.25) is 0 Å². The van der Waals surface area contributed by atoms with E-state index >= 15 is 0 Å². The maximum Gasteiger partial charge on any atom is 0.348 e. The molecule has 0 bridgehead atoms.